The van der Waals surface area contributed by atoms with E-state index in [2.05, 4.69) is 53.2 Å². The van der Waals surface area contributed by atoms with Crippen LogP contribution < -0.4 is 10.2 Å². The number of anilines is 2. The number of benzene rings is 2. The summed E-state index contributed by atoms with van der Waals surface area (Å²) in [6, 6.07) is 16.4. The zero-order valence-electron chi connectivity index (χ0n) is 14.6. The third-order valence-corrected chi connectivity index (χ3v) is 4.37. The highest BCUT2D eigenvalue weighted by Crippen LogP contribution is 2.18. The van der Waals surface area contributed by atoms with Gasteiger partial charge in [0.25, 0.3) is 0 Å². The van der Waals surface area contributed by atoms with Gasteiger partial charge < -0.3 is 15.1 Å². The molecule has 0 spiro atoms. The highest BCUT2D eigenvalue weighted by Gasteiger charge is 2.14. The molecule has 0 amide bonds. The lowest BCUT2D eigenvalue weighted by Gasteiger charge is -2.30. The Bertz CT molecular complexity index is 666. The van der Waals surface area contributed by atoms with Crippen molar-refractivity contribution in [3.63, 3.8) is 0 Å². The molecule has 128 valence electrons. The number of rotatable bonds is 5. The summed E-state index contributed by atoms with van der Waals surface area (Å²) in [6.45, 7) is 5.05. The molecule has 0 aliphatic heterocycles. The molecule has 0 bridgehead atoms. The number of thiocarbonyl (C=S) groups is 1. The summed E-state index contributed by atoms with van der Waals surface area (Å²) >= 11 is 11.5. The second kappa shape index (κ2) is 8.36. The third kappa shape index (κ3) is 5.11. The molecule has 0 radical (unpaired) electrons. The van der Waals surface area contributed by atoms with E-state index < -0.39 is 0 Å². The minimum Gasteiger partial charge on any atom is -0.378 e. The number of halogens is 1. The van der Waals surface area contributed by atoms with Crippen LogP contribution >= 0.6 is 23.8 Å². The van der Waals surface area contributed by atoms with Crippen LogP contribution in [-0.2, 0) is 6.54 Å². The minimum absolute atomic E-state index is 0.297. The molecule has 0 atom stereocenters. The zero-order chi connectivity index (χ0) is 17.7. The van der Waals surface area contributed by atoms with Crippen molar-refractivity contribution in [3.8, 4) is 0 Å². The van der Waals surface area contributed by atoms with Crippen LogP contribution in [0.1, 0.15) is 19.4 Å². The van der Waals surface area contributed by atoms with Crippen molar-refractivity contribution in [2.45, 2.75) is 26.4 Å². The molecule has 2 aromatic carbocycles. The van der Waals surface area contributed by atoms with Gasteiger partial charge in [-0.25, -0.2) is 0 Å². The minimum atomic E-state index is 0.297. The van der Waals surface area contributed by atoms with Crippen LogP contribution in [0.15, 0.2) is 48.5 Å². The Morgan fingerprint density at radius 2 is 1.62 bits per heavy atom. The van der Waals surface area contributed by atoms with Crippen LogP contribution in [0.2, 0.25) is 5.02 Å². The van der Waals surface area contributed by atoms with Gasteiger partial charge in [-0.3, -0.25) is 0 Å². The molecule has 0 saturated carbocycles. The molecule has 0 aliphatic carbocycles. The van der Waals surface area contributed by atoms with Crippen LogP contribution in [0.25, 0.3) is 0 Å². The number of nitrogens with one attached hydrogen (secondary N) is 1. The van der Waals surface area contributed by atoms with Crippen molar-refractivity contribution < 1.29 is 0 Å². The van der Waals surface area contributed by atoms with Crippen molar-refractivity contribution in [2.24, 2.45) is 0 Å². The fourth-order valence-electron chi connectivity index (χ4n) is 2.31. The molecule has 5 heteroatoms. The lowest BCUT2D eigenvalue weighted by molar-refractivity contribution is 0.348. The zero-order valence-corrected chi connectivity index (χ0v) is 16.2. The summed E-state index contributed by atoms with van der Waals surface area (Å²) < 4.78 is 0. The molecule has 0 fully saturated rings. The predicted molar refractivity (Wildman–Crippen MR) is 109 cm³/mol. The lowest BCUT2D eigenvalue weighted by atomic mass is 10.1. The fraction of sp³-hybridized carbons (Fsp3) is 0.316. The Balaban J connectivity index is 2.07. The largest absolute Gasteiger partial charge is 0.378 e. The number of hydrogen-bond acceptors (Lipinski definition) is 2. The molecule has 1 N–H and O–H groups in total. The molecule has 0 aliphatic rings. The average molecular weight is 362 g/mol. The van der Waals surface area contributed by atoms with Gasteiger partial charge in [0, 0.05) is 43.1 Å². The first-order chi connectivity index (χ1) is 11.4. The van der Waals surface area contributed by atoms with Crippen LogP contribution in [0.5, 0.6) is 0 Å². The first kappa shape index (κ1) is 18.6. The summed E-state index contributed by atoms with van der Waals surface area (Å²) in [4.78, 5) is 4.27. The second-order valence-electron chi connectivity index (χ2n) is 6.22. The Morgan fingerprint density at radius 3 is 2.12 bits per heavy atom. The van der Waals surface area contributed by atoms with E-state index in [0.29, 0.717) is 16.2 Å². The van der Waals surface area contributed by atoms with Crippen LogP contribution in [-0.4, -0.2) is 30.1 Å². The Kier molecular flexibility index (Phi) is 6.46. The van der Waals surface area contributed by atoms with Crippen LogP contribution in [0.4, 0.5) is 11.4 Å². The summed E-state index contributed by atoms with van der Waals surface area (Å²) in [5.74, 6) is 0. The van der Waals surface area contributed by atoms with Gasteiger partial charge in [-0.2, -0.15) is 0 Å². The molecule has 2 aromatic rings. The van der Waals surface area contributed by atoms with E-state index in [1.807, 2.05) is 38.4 Å². The van der Waals surface area contributed by atoms with E-state index in [1.165, 1.54) is 11.3 Å². The third-order valence-electron chi connectivity index (χ3n) is 3.79. The second-order valence-corrected chi connectivity index (χ2v) is 7.04. The van der Waals surface area contributed by atoms with Gasteiger partial charge in [-0.1, -0.05) is 23.7 Å². The maximum atomic E-state index is 5.93. The summed E-state index contributed by atoms with van der Waals surface area (Å²) in [5.41, 5.74) is 3.37. The highest BCUT2D eigenvalue weighted by atomic mass is 35.5. The van der Waals surface area contributed by atoms with Crippen molar-refractivity contribution in [1.82, 2.24) is 4.90 Å². The monoisotopic (exact) mass is 361 g/mol. The van der Waals surface area contributed by atoms with Crippen molar-refractivity contribution in [1.29, 1.82) is 0 Å². The maximum Gasteiger partial charge on any atom is 0.173 e. The summed E-state index contributed by atoms with van der Waals surface area (Å²) in [6.07, 6.45) is 0. The molecule has 0 heterocycles. The molecule has 3 nitrogen and oxygen atoms in total. The Labute approximate surface area is 155 Å². The van der Waals surface area contributed by atoms with E-state index >= 15 is 0 Å². The first-order valence-corrected chi connectivity index (χ1v) is 8.75. The molecule has 0 aromatic heterocycles. The topological polar surface area (TPSA) is 18.5 Å². The van der Waals surface area contributed by atoms with Crippen molar-refractivity contribution >= 4 is 40.3 Å². The fourth-order valence-corrected chi connectivity index (χ4v) is 2.83. The quantitative estimate of drug-likeness (QED) is 0.754. The molecular formula is C19H24ClN3S. The van der Waals surface area contributed by atoms with E-state index in [0.717, 1.165) is 12.2 Å². The number of hydrogen-bond donors (Lipinski definition) is 1. The highest BCUT2D eigenvalue weighted by molar-refractivity contribution is 7.80. The van der Waals surface area contributed by atoms with Gasteiger partial charge in [0.15, 0.2) is 5.11 Å². The van der Waals surface area contributed by atoms with E-state index in [-0.39, 0.29) is 0 Å². The molecule has 2 rings (SSSR count). The SMILES string of the molecule is CC(C)N(Cc1ccc(N(C)C)cc1)C(=S)Nc1ccc(Cl)cc1. The van der Waals surface area contributed by atoms with Gasteiger partial charge in [0.2, 0.25) is 0 Å². The van der Waals surface area contributed by atoms with Crippen molar-refractivity contribution in [3.05, 3.63) is 59.1 Å². The lowest BCUT2D eigenvalue weighted by Crippen LogP contribution is -2.39. The van der Waals surface area contributed by atoms with E-state index in [4.69, 9.17) is 23.8 Å². The molecule has 24 heavy (non-hydrogen) atoms. The smallest absolute Gasteiger partial charge is 0.173 e. The van der Waals surface area contributed by atoms with E-state index in [1.54, 1.807) is 0 Å². The normalized spacial score (nSPS) is 10.6. The van der Waals surface area contributed by atoms with Crippen molar-refractivity contribution in [2.75, 3.05) is 24.3 Å². The standard InChI is InChI=1S/C19H24ClN3S/c1-14(2)23(13-15-5-11-18(12-6-15)22(3)4)19(24)21-17-9-7-16(20)8-10-17/h5-12,14H,13H2,1-4H3,(H,21,24). The predicted octanol–water partition coefficient (Wildman–Crippen LogP) is 5.01. The summed E-state index contributed by atoms with van der Waals surface area (Å²) in [7, 11) is 4.08. The van der Waals surface area contributed by atoms with Gasteiger partial charge in [-0.05, 0) is 68.0 Å². The Hall–Kier alpha value is -1.78. The van der Waals surface area contributed by atoms with Gasteiger partial charge in [0.1, 0.15) is 0 Å². The summed E-state index contributed by atoms with van der Waals surface area (Å²) in [5, 5.41) is 4.72. The molecule has 0 unspecified atom stereocenters. The van der Waals surface area contributed by atoms with Gasteiger partial charge >= 0.3 is 0 Å². The first-order valence-electron chi connectivity index (χ1n) is 7.96. The maximum absolute atomic E-state index is 5.93. The molecular weight excluding hydrogens is 338 g/mol. The Morgan fingerprint density at radius 1 is 1.04 bits per heavy atom. The van der Waals surface area contributed by atoms with Crippen LogP contribution in [0, 0.1) is 0 Å². The number of nitrogens with zero attached hydrogens (tertiary/aromatic N) is 2. The average Bonchev–Trinajstić information content (AvgIpc) is 2.54. The molecule has 0 saturated heterocycles. The van der Waals surface area contributed by atoms with Gasteiger partial charge in [-0.15, -0.1) is 0 Å². The van der Waals surface area contributed by atoms with Gasteiger partial charge in [0.05, 0.1) is 0 Å². The van der Waals surface area contributed by atoms with Crippen LogP contribution in [0.3, 0.4) is 0 Å². The van der Waals surface area contributed by atoms with E-state index in [9.17, 15) is 0 Å².